The van der Waals surface area contributed by atoms with E-state index in [9.17, 15) is 14.7 Å². The number of Topliss-reactive ketones (excluding diaryl/α,β-unsaturated/α-hetero) is 1. The van der Waals surface area contributed by atoms with Crippen molar-refractivity contribution < 1.29 is 66.1 Å². The van der Waals surface area contributed by atoms with Crippen LogP contribution in [0.4, 0.5) is 0 Å². The molecule has 0 spiro atoms. The molecule has 0 amide bonds. The van der Waals surface area contributed by atoms with E-state index in [1.807, 2.05) is 6.07 Å². The van der Waals surface area contributed by atoms with Gasteiger partial charge in [0.05, 0.1) is 11.6 Å². The Morgan fingerprint density at radius 2 is 1.71 bits per heavy atom. The minimum atomic E-state index is -1.75. The van der Waals surface area contributed by atoms with Crippen molar-refractivity contribution in [2.45, 2.75) is 0 Å². The van der Waals surface area contributed by atoms with Gasteiger partial charge in [0, 0.05) is 5.56 Å². The minimum absolute atomic E-state index is 0. The molecule has 1 aromatic carbocycles. The van der Waals surface area contributed by atoms with Crippen molar-refractivity contribution in [1.82, 2.24) is 0 Å². The molecule has 0 saturated heterocycles. The van der Waals surface area contributed by atoms with Gasteiger partial charge in [-0.2, -0.15) is 5.26 Å². The number of nitriles is 1. The van der Waals surface area contributed by atoms with Crippen molar-refractivity contribution in [2.24, 2.45) is 0 Å². The van der Waals surface area contributed by atoms with Gasteiger partial charge in [-0.05, 0) is 24.3 Å². The average Bonchev–Trinajstić information content (AvgIpc) is 2.17. The molecule has 0 heterocycles. The number of ketones is 1. The summed E-state index contributed by atoms with van der Waals surface area (Å²) < 4.78 is 0. The zero-order chi connectivity index (χ0) is 9.84. The number of nitrogens with zero attached hydrogens (tertiary/aromatic N) is 1. The van der Waals surface area contributed by atoms with E-state index < -0.39 is 11.8 Å². The van der Waals surface area contributed by atoms with Crippen LogP contribution in [0.3, 0.4) is 0 Å². The van der Waals surface area contributed by atoms with Gasteiger partial charge in [0.15, 0.2) is 0 Å². The summed E-state index contributed by atoms with van der Waals surface area (Å²) in [5.74, 6) is -2.82. The van der Waals surface area contributed by atoms with Crippen LogP contribution in [0.25, 0.3) is 0 Å². The van der Waals surface area contributed by atoms with Gasteiger partial charge >= 0.3 is 51.4 Å². The number of hydrogen-bond donors (Lipinski definition) is 0. The maximum atomic E-state index is 10.8. The predicted molar refractivity (Wildman–Crippen MR) is 40.5 cm³/mol. The molecule has 64 valence electrons. The molecule has 5 heteroatoms. The van der Waals surface area contributed by atoms with Crippen LogP contribution in [0.1, 0.15) is 15.9 Å². The van der Waals surface area contributed by atoms with Crippen molar-refractivity contribution in [3.05, 3.63) is 35.4 Å². The first-order valence-electron chi connectivity index (χ1n) is 3.41. The second-order valence-corrected chi connectivity index (χ2v) is 2.31. The monoisotopic (exact) mass is 213 g/mol. The Kier molecular flexibility index (Phi) is 5.84. The summed E-state index contributed by atoms with van der Waals surface area (Å²) in [6, 6.07) is 7.14. The Labute approximate surface area is 123 Å². The molecule has 0 radical (unpaired) electrons. The fourth-order valence-corrected chi connectivity index (χ4v) is 0.814. The van der Waals surface area contributed by atoms with Crippen LogP contribution in [-0.2, 0) is 4.79 Å². The molecule has 0 aromatic heterocycles. The van der Waals surface area contributed by atoms with Gasteiger partial charge in [-0.3, -0.25) is 4.79 Å². The van der Waals surface area contributed by atoms with Gasteiger partial charge in [0.25, 0.3) is 0 Å². The third-order valence-electron chi connectivity index (χ3n) is 1.46. The zero-order valence-corrected chi connectivity index (χ0v) is 10.6. The third kappa shape index (κ3) is 3.33. The number of rotatable bonds is 2. The smallest absolute Gasteiger partial charge is 0.541 e. The Bertz CT molecular complexity index is 392. The summed E-state index contributed by atoms with van der Waals surface area (Å²) in [5, 5.41) is 18.5. The topological polar surface area (TPSA) is 81.0 Å². The fourth-order valence-electron chi connectivity index (χ4n) is 0.814. The summed E-state index contributed by atoms with van der Waals surface area (Å²) in [6.07, 6.45) is 0. The number of carbonyl (C=O) groups is 2. The van der Waals surface area contributed by atoms with Gasteiger partial charge < -0.3 is 9.90 Å². The second-order valence-electron chi connectivity index (χ2n) is 2.31. The van der Waals surface area contributed by atoms with Crippen molar-refractivity contribution in [2.75, 3.05) is 0 Å². The largest absolute Gasteiger partial charge is 1.00 e. The zero-order valence-electron chi connectivity index (χ0n) is 7.48. The van der Waals surface area contributed by atoms with Gasteiger partial charge in [0.2, 0.25) is 5.78 Å². The number of benzene rings is 1. The molecule has 0 aliphatic rings. The second kappa shape index (κ2) is 6.06. The first-order chi connectivity index (χ1) is 6.15. The molecule has 0 aliphatic carbocycles. The van der Waals surface area contributed by atoms with Gasteiger partial charge in [-0.15, -0.1) is 0 Å². The van der Waals surface area contributed by atoms with Gasteiger partial charge in [-0.1, -0.05) is 0 Å². The molecular weight excluding hydrogens is 209 g/mol. The van der Waals surface area contributed by atoms with E-state index in [1.54, 1.807) is 0 Å². The van der Waals surface area contributed by atoms with E-state index in [0.29, 0.717) is 5.56 Å². The van der Waals surface area contributed by atoms with Crippen LogP contribution >= 0.6 is 0 Å². The summed E-state index contributed by atoms with van der Waals surface area (Å²) >= 11 is 0. The van der Waals surface area contributed by atoms with Crippen molar-refractivity contribution in [1.29, 1.82) is 5.26 Å². The Morgan fingerprint density at radius 3 is 2.07 bits per heavy atom. The Morgan fingerprint density at radius 1 is 1.21 bits per heavy atom. The van der Waals surface area contributed by atoms with E-state index in [0.717, 1.165) is 0 Å². The summed E-state index contributed by atoms with van der Waals surface area (Å²) in [5.41, 5.74) is 0.383. The molecule has 0 bridgehead atoms. The van der Waals surface area contributed by atoms with Crippen molar-refractivity contribution >= 4 is 11.8 Å². The SMILES string of the molecule is N#Cc1ccc(C(=O)C(=O)[O-])cc1.[K+]. The predicted octanol–water partition coefficient (Wildman–Crippen LogP) is -3.51. The van der Waals surface area contributed by atoms with Crippen LogP contribution in [0.2, 0.25) is 0 Å². The third-order valence-corrected chi connectivity index (χ3v) is 1.46. The van der Waals surface area contributed by atoms with E-state index in [1.165, 1.54) is 24.3 Å². The molecule has 0 aliphatic heterocycles. The minimum Gasteiger partial charge on any atom is -0.541 e. The number of carboxylic acid groups (broad SMARTS) is 1. The first kappa shape index (κ1) is 13.5. The van der Waals surface area contributed by atoms with E-state index in [2.05, 4.69) is 0 Å². The molecule has 1 aromatic rings. The van der Waals surface area contributed by atoms with Crippen molar-refractivity contribution in [3.8, 4) is 6.07 Å². The normalized spacial score (nSPS) is 8.21. The number of hydrogen-bond acceptors (Lipinski definition) is 4. The maximum absolute atomic E-state index is 10.8. The Balaban J connectivity index is 0.00000169. The van der Waals surface area contributed by atoms with E-state index in [-0.39, 0.29) is 56.9 Å². The molecule has 0 fully saturated rings. The standard InChI is InChI=1S/C9H5NO3.K/c10-5-6-1-3-7(4-2-6)8(11)9(12)13;/h1-4H,(H,12,13);/q;+1/p-1. The Hall–Kier alpha value is -0.514. The number of carboxylic acids is 1. The molecule has 4 nitrogen and oxygen atoms in total. The quantitative estimate of drug-likeness (QED) is 0.290. The van der Waals surface area contributed by atoms with Crippen LogP contribution < -0.4 is 56.5 Å². The van der Waals surface area contributed by atoms with Gasteiger partial charge in [0.1, 0.15) is 5.97 Å². The average molecular weight is 213 g/mol. The summed E-state index contributed by atoms with van der Waals surface area (Å²) in [6.45, 7) is 0. The van der Waals surface area contributed by atoms with E-state index >= 15 is 0 Å². The molecular formula is C9H4KNO3. The molecule has 0 N–H and O–H groups in total. The van der Waals surface area contributed by atoms with Crippen LogP contribution in [0, 0.1) is 11.3 Å². The van der Waals surface area contributed by atoms with Crippen molar-refractivity contribution in [3.63, 3.8) is 0 Å². The maximum Gasteiger partial charge on any atom is 1.00 e. The molecule has 0 unspecified atom stereocenters. The number of carbonyl (C=O) groups excluding carboxylic acids is 2. The van der Waals surface area contributed by atoms with Crippen LogP contribution in [0.5, 0.6) is 0 Å². The van der Waals surface area contributed by atoms with Gasteiger partial charge in [-0.25, -0.2) is 0 Å². The molecule has 0 atom stereocenters. The summed E-state index contributed by atoms with van der Waals surface area (Å²) in [7, 11) is 0. The number of aliphatic carboxylic acids is 1. The van der Waals surface area contributed by atoms with Crippen LogP contribution in [0.15, 0.2) is 24.3 Å². The van der Waals surface area contributed by atoms with E-state index in [4.69, 9.17) is 5.26 Å². The first-order valence-corrected chi connectivity index (χ1v) is 3.41. The molecule has 14 heavy (non-hydrogen) atoms. The molecule has 0 saturated carbocycles. The molecule has 1 rings (SSSR count). The van der Waals surface area contributed by atoms with Crippen LogP contribution in [-0.4, -0.2) is 11.8 Å². The summed E-state index contributed by atoms with van der Waals surface area (Å²) in [4.78, 5) is 20.9. The fraction of sp³-hybridized carbons (Fsp3) is 0.